The molecule has 6 nitrogen and oxygen atoms in total. The highest BCUT2D eigenvalue weighted by molar-refractivity contribution is 8.00. The molecule has 152 valence electrons. The minimum Gasteiger partial charge on any atom is -0.355 e. The van der Waals surface area contributed by atoms with Crippen molar-refractivity contribution in [2.45, 2.75) is 49.9 Å². The summed E-state index contributed by atoms with van der Waals surface area (Å²) >= 11 is 1.36. The number of aromatic nitrogens is 4. The van der Waals surface area contributed by atoms with E-state index in [2.05, 4.69) is 52.0 Å². The van der Waals surface area contributed by atoms with Gasteiger partial charge >= 0.3 is 0 Å². The van der Waals surface area contributed by atoms with Crippen LogP contribution in [0.5, 0.6) is 0 Å². The Labute approximate surface area is 176 Å². The quantitative estimate of drug-likeness (QED) is 0.515. The fraction of sp³-hybridized carbons (Fsp3) is 0.364. The zero-order valence-electron chi connectivity index (χ0n) is 16.9. The number of nitrogens with zero attached hydrogens (tertiary/aromatic N) is 4. The number of carbonyl (C=O) groups excluding carboxylic acids is 1. The first-order chi connectivity index (χ1) is 14.2. The third kappa shape index (κ3) is 6.15. The fourth-order valence-electron chi connectivity index (χ4n) is 2.93. The summed E-state index contributed by atoms with van der Waals surface area (Å²) in [5.74, 6) is -0.0182. The van der Waals surface area contributed by atoms with Gasteiger partial charge in [-0.15, -0.1) is 5.10 Å². The van der Waals surface area contributed by atoms with E-state index in [1.807, 2.05) is 37.3 Å². The first-order valence-corrected chi connectivity index (χ1v) is 10.9. The summed E-state index contributed by atoms with van der Waals surface area (Å²) in [5.41, 5.74) is 3.41. The monoisotopic (exact) mass is 409 g/mol. The van der Waals surface area contributed by atoms with Crippen LogP contribution < -0.4 is 5.32 Å². The van der Waals surface area contributed by atoms with E-state index in [9.17, 15) is 4.79 Å². The minimum atomic E-state index is -0.292. The summed E-state index contributed by atoms with van der Waals surface area (Å²) in [6, 6.07) is 18.4. The van der Waals surface area contributed by atoms with Gasteiger partial charge in [0.15, 0.2) is 0 Å². The molecule has 29 heavy (non-hydrogen) atoms. The van der Waals surface area contributed by atoms with Crippen molar-refractivity contribution in [3.63, 3.8) is 0 Å². The highest BCUT2D eigenvalue weighted by Crippen LogP contribution is 2.23. The van der Waals surface area contributed by atoms with E-state index in [4.69, 9.17) is 0 Å². The zero-order chi connectivity index (χ0) is 20.5. The Morgan fingerprint density at radius 1 is 1.07 bits per heavy atom. The molecule has 1 amide bonds. The first-order valence-electron chi connectivity index (χ1n) is 10.0. The molecule has 0 aliphatic rings. The molecule has 0 radical (unpaired) electrons. The molecule has 1 atom stereocenters. The number of tetrazole rings is 1. The summed E-state index contributed by atoms with van der Waals surface area (Å²) < 4.78 is 1.68. The van der Waals surface area contributed by atoms with Crippen molar-refractivity contribution in [3.05, 3.63) is 65.7 Å². The van der Waals surface area contributed by atoms with Gasteiger partial charge in [-0.1, -0.05) is 67.6 Å². The lowest BCUT2D eigenvalue weighted by Gasteiger charge is -2.12. The van der Waals surface area contributed by atoms with Gasteiger partial charge in [0, 0.05) is 6.54 Å². The number of thioether (sulfide) groups is 1. The highest BCUT2D eigenvalue weighted by Gasteiger charge is 2.19. The van der Waals surface area contributed by atoms with Crippen LogP contribution in [0.15, 0.2) is 59.8 Å². The maximum absolute atomic E-state index is 12.4. The molecule has 7 heteroatoms. The molecule has 0 saturated carbocycles. The van der Waals surface area contributed by atoms with Gasteiger partial charge in [-0.25, -0.2) is 0 Å². The van der Waals surface area contributed by atoms with Crippen LogP contribution in [0.2, 0.25) is 0 Å². The summed E-state index contributed by atoms with van der Waals surface area (Å²) in [4.78, 5) is 12.4. The molecule has 0 bridgehead atoms. The van der Waals surface area contributed by atoms with Gasteiger partial charge in [0.05, 0.1) is 10.9 Å². The van der Waals surface area contributed by atoms with Gasteiger partial charge in [-0.3, -0.25) is 4.79 Å². The van der Waals surface area contributed by atoms with Crippen molar-refractivity contribution in [3.8, 4) is 5.69 Å². The van der Waals surface area contributed by atoms with Gasteiger partial charge < -0.3 is 5.32 Å². The van der Waals surface area contributed by atoms with Gasteiger partial charge in [0.2, 0.25) is 11.1 Å². The van der Waals surface area contributed by atoms with E-state index in [0.29, 0.717) is 11.7 Å². The van der Waals surface area contributed by atoms with E-state index in [-0.39, 0.29) is 11.2 Å². The molecule has 3 rings (SSSR count). The number of nitrogens with one attached hydrogen (secondary N) is 1. The second-order valence-electron chi connectivity index (χ2n) is 6.93. The van der Waals surface area contributed by atoms with Crippen molar-refractivity contribution >= 4 is 17.7 Å². The Hall–Kier alpha value is -2.67. The molecule has 1 N–H and O–H groups in total. The topological polar surface area (TPSA) is 72.7 Å². The number of aryl methyl sites for hydroxylation is 1. The third-order valence-electron chi connectivity index (χ3n) is 4.65. The lowest BCUT2D eigenvalue weighted by Crippen LogP contribution is -2.32. The van der Waals surface area contributed by atoms with Crippen LogP contribution in [0.3, 0.4) is 0 Å². The van der Waals surface area contributed by atoms with Gasteiger partial charge in [-0.2, -0.15) is 4.68 Å². The molecule has 0 aliphatic heterocycles. The number of unbranched alkanes of at least 4 members (excludes halogenated alkanes) is 1. The van der Waals surface area contributed by atoms with Gasteiger partial charge in [0.1, 0.15) is 0 Å². The van der Waals surface area contributed by atoms with Crippen LogP contribution in [-0.4, -0.2) is 37.9 Å². The molecule has 0 saturated heterocycles. The van der Waals surface area contributed by atoms with Crippen molar-refractivity contribution in [1.82, 2.24) is 25.5 Å². The van der Waals surface area contributed by atoms with Crippen LogP contribution in [0.1, 0.15) is 37.8 Å². The molecular weight excluding hydrogens is 382 g/mol. The molecule has 0 spiro atoms. The van der Waals surface area contributed by atoms with Crippen molar-refractivity contribution in [2.75, 3.05) is 6.54 Å². The van der Waals surface area contributed by atoms with Crippen molar-refractivity contribution in [1.29, 1.82) is 0 Å². The number of rotatable bonds is 10. The Morgan fingerprint density at radius 3 is 2.52 bits per heavy atom. The smallest absolute Gasteiger partial charge is 0.233 e. The highest BCUT2D eigenvalue weighted by atomic mass is 32.2. The normalized spacial score (nSPS) is 11.9. The summed E-state index contributed by atoms with van der Waals surface area (Å²) in [6.45, 7) is 4.67. The average Bonchev–Trinajstić information content (AvgIpc) is 3.21. The van der Waals surface area contributed by atoms with Crippen LogP contribution in [0.4, 0.5) is 0 Å². The van der Waals surface area contributed by atoms with Crippen molar-refractivity contribution in [2.24, 2.45) is 0 Å². The van der Waals surface area contributed by atoms with Gasteiger partial charge in [0.25, 0.3) is 0 Å². The van der Waals surface area contributed by atoms with E-state index >= 15 is 0 Å². The second-order valence-corrected chi connectivity index (χ2v) is 8.24. The fourth-order valence-corrected chi connectivity index (χ4v) is 3.76. The van der Waals surface area contributed by atoms with Crippen LogP contribution in [0.25, 0.3) is 5.69 Å². The molecule has 0 fully saturated rings. The number of carbonyl (C=O) groups is 1. The lowest BCUT2D eigenvalue weighted by molar-refractivity contribution is -0.120. The molecular formula is C22H27N5OS. The van der Waals surface area contributed by atoms with E-state index in [0.717, 1.165) is 18.5 Å². The zero-order valence-corrected chi connectivity index (χ0v) is 17.7. The largest absolute Gasteiger partial charge is 0.355 e. The number of benzene rings is 2. The molecule has 1 heterocycles. The minimum absolute atomic E-state index is 0.0182. The molecule has 0 aliphatic carbocycles. The molecule has 3 aromatic rings. The van der Waals surface area contributed by atoms with E-state index < -0.39 is 0 Å². The van der Waals surface area contributed by atoms with Gasteiger partial charge in [-0.05, 0) is 59.9 Å². The Kier molecular flexibility index (Phi) is 7.81. The maximum atomic E-state index is 12.4. The lowest BCUT2D eigenvalue weighted by atomic mass is 10.1. The summed E-state index contributed by atoms with van der Waals surface area (Å²) in [6.07, 6.45) is 4.25. The van der Waals surface area contributed by atoms with Crippen LogP contribution in [-0.2, 0) is 17.6 Å². The Morgan fingerprint density at radius 2 is 1.79 bits per heavy atom. The Balaban J connectivity index is 1.55. The second kappa shape index (κ2) is 10.8. The predicted octanol–water partition coefficient (Wildman–Crippen LogP) is 3.84. The third-order valence-corrected chi connectivity index (χ3v) is 5.68. The number of hydrogen-bond acceptors (Lipinski definition) is 5. The van der Waals surface area contributed by atoms with Crippen LogP contribution >= 0.6 is 11.8 Å². The maximum Gasteiger partial charge on any atom is 0.233 e. The van der Waals surface area contributed by atoms with Crippen molar-refractivity contribution < 1.29 is 4.79 Å². The predicted molar refractivity (Wildman–Crippen MR) is 116 cm³/mol. The number of amides is 1. The molecule has 2 aromatic carbocycles. The standard InChI is InChI=1S/C22H27N5OS/c1-3-4-8-19-11-13-20(14-12-19)27-22(24-25-26-27)29-17(2)21(28)23-16-15-18-9-6-5-7-10-18/h5-7,9-14,17H,3-4,8,15-16H2,1-2H3,(H,23,28). The number of hydrogen-bond donors (Lipinski definition) is 1. The Bertz CT molecular complexity index is 895. The van der Waals surface area contributed by atoms with Crippen LogP contribution in [0, 0.1) is 0 Å². The summed E-state index contributed by atoms with van der Waals surface area (Å²) in [7, 11) is 0. The van der Waals surface area contributed by atoms with E-state index in [1.165, 1.54) is 35.7 Å². The SMILES string of the molecule is CCCCc1ccc(-n2nnnc2SC(C)C(=O)NCCc2ccccc2)cc1. The average molecular weight is 410 g/mol. The molecule has 1 aromatic heterocycles. The molecule has 1 unspecified atom stereocenters. The van der Waals surface area contributed by atoms with E-state index in [1.54, 1.807) is 4.68 Å². The summed E-state index contributed by atoms with van der Waals surface area (Å²) in [5, 5.41) is 15.3. The first kappa shape index (κ1) is 21.0.